The first-order chi connectivity index (χ1) is 20.8. The van der Waals surface area contributed by atoms with Gasteiger partial charge in [-0.05, 0) is 57.2 Å². The van der Waals surface area contributed by atoms with Crippen LogP contribution in [0.1, 0.15) is 27.7 Å². The molecule has 2 aliphatic heterocycles. The van der Waals surface area contributed by atoms with Crippen LogP contribution in [0.25, 0.3) is 20.2 Å². The Labute approximate surface area is 262 Å². The summed E-state index contributed by atoms with van der Waals surface area (Å²) in [5.41, 5.74) is 1.28. The Balaban J connectivity index is 0.000000185. The van der Waals surface area contributed by atoms with Gasteiger partial charge >= 0.3 is 6.09 Å². The van der Waals surface area contributed by atoms with Crippen LogP contribution in [0.5, 0.6) is 0 Å². The number of rotatable bonds is 2. The molecule has 0 radical (unpaired) electrons. The second kappa shape index (κ2) is 14.5. The van der Waals surface area contributed by atoms with Gasteiger partial charge in [-0.1, -0.05) is 0 Å². The average Bonchev–Trinajstić information content (AvgIpc) is 3.52. The van der Waals surface area contributed by atoms with Crippen molar-refractivity contribution >= 4 is 66.3 Å². The molecule has 2 aliphatic rings. The average molecular weight is 651 g/mol. The van der Waals surface area contributed by atoms with E-state index in [1.807, 2.05) is 31.7 Å². The fourth-order valence-corrected chi connectivity index (χ4v) is 6.87. The number of nitrogens with one attached hydrogen (secondary N) is 1. The molecule has 44 heavy (non-hydrogen) atoms. The lowest BCUT2D eigenvalue weighted by molar-refractivity contribution is -0.134. The normalized spacial score (nSPS) is 15.4. The highest BCUT2D eigenvalue weighted by molar-refractivity contribution is 7.18. The van der Waals surface area contributed by atoms with E-state index in [2.05, 4.69) is 15.6 Å². The quantitative estimate of drug-likeness (QED) is 0.248. The third-order valence-electron chi connectivity index (χ3n) is 6.81. The standard InChI is InChI=1S/C17H21FN2O2S.C12H12F2N2S.C2H4O2/c1-17(2,3)22-16(21)20-8-6-19(7-9-20)14-11-23-15-10-12(18)4-5-13(14)15;13-8-1-2-9-10(7-8)17-12(14)11(9)16-5-3-15-4-6-16;1-2(3)4/h4-5,10-11H,6-9H2,1-3H3;1-2,7,15H,3-6H2;1H3,(H,3,4). The highest BCUT2D eigenvalue weighted by Crippen LogP contribution is 2.37. The fourth-order valence-electron chi connectivity index (χ4n) is 4.90. The Bertz CT molecular complexity index is 1590. The van der Waals surface area contributed by atoms with Gasteiger partial charge in [-0.3, -0.25) is 4.79 Å². The summed E-state index contributed by atoms with van der Waals surface area (Å²) in [6.45, 7) is 12.8. The van der Waals surface area contributed by atoms with Crippen molar-refractivity contribution in [2.24, 2.45) is 0 Å². The second-order valence-electron chi connectivity index (χ2n) is 11.3. The van der Waals surface area contributed by atoms with Crippen LogP contribution in [0, 0.1) is 16.8 Å². The third kappa shape index (κ3) is 8.76. The smallest absolute Gasteiger partial charge is 0.410 e. The first-order valence-corrected chi connectivity index (χ1v) is 15.9. The number of carboxylic acid groups (broad SMARTS) is 1. The zero-order valence-electron chi connectivity index (χ0n) is 25.2. The summed E-state index contributed by atoms with van der Waals surface area (Å²) in [4.78, 5) is 27.1. The summed E-state index contributed by atoms with van der Waals surface area (Å²) < 4.78 is 47.4. The number of hydrogen-bond acceptors (Lipinski definition) is 8. The molecule has 2 aromatic heterocycles. The summed E-state index contributed by atoms with van der Waals surface area (Å²) in [5, 5.41) is 14.4. The van der Waals surface area contributed by atoms with Gasteiger partial charge in [0.05, 0.1) is 11.4 Å². The number of carbonyl (C=O) groups excluding carboxylic acids is 1. The van der Waals surface area contributed by atoms with Crippen LogP contribution in [0.4, 0.5) is 29.3 Å². The van der Waals surface area contributed by atoms with Crippen molar-refractivity contribution in [1.29, 1.82) is 0 Å². The van der Waals surface area contributed by atoms with Gasteiger partial charge in [-0.15, -0.1) is 22.7 Å². The van der Waals surface area contributed by atoms with Crippen molar-refractivity contribution in [3.8, 4) is 0 Å². The molecule has 6 rings (SSSR count). The highest BCUT2D eigenvalue weighted by atomic mass is 32.1. The van der Waals surface area contributed by atoms with E-state index in [-0.39, 0.29) is 22.9 Å². The largest absolute Gasteiger partial charge is 0.481 e. The molecule has 0 unspecified atom stereocenters. The minimum atomic E-state index is -0.833. The Morgan fingerprint density at radius 3 is 2.02 bits per heavy atom. The number of piperazine rings is 2. The van der Waals surface area contributed by atoms with Gasteiger partial charge in [0.2, 0.25) is 5.13 Å². The van der Waals surface area contributed by atoms with E-state index in [1.54, 1.807) is 28.4 Å². The number of benzene rings is 2. The predicted molar refractivity (Wildman–Crippen MR) is 172 cm³/mol. The summed E-state index contributed by atoms with van der Waals surface area (Å²) >= 11 is 2.57. The molecule has 8 nitrogen and oxygen atoms in total. The number of hydrogen-bond donors (Lipinski definition) is 2. The molecule has 238 valence electrons. The molecule has 2 saturated heterocycles. The predicted octanol–water partition coefficient (Wildman–Crippen LogP) is 6.78. The number of thiophene rings is 2. The maximum absolute atomic E-state index is 14.0. The van der Waals surface area contributed by atoms with Gasteiger partial charge in [-0.2, -0.15) is 4.39 Å². The number of carbonyl (C=O) groups is 2. The lowest BCUT2D eigenvalue weighted by atomic mass is 10.2. The van der Waals surface area contributed by atoms with Gasteiger partial charge < -0.3 is 29.9 Å². The molecule has 0 spiro atoms. The molecule has 2 fully saturated rings. The molecule has 1 amide bonds. The highest BCUT2D eigenvalue weighted by Gasteiger charge is 2.27. The van der Waals surface area contributed by atoms with Crippen LogP contribution < -0.4 is 15.1 Å². The molecular formula is C31H37F3N4O4S2. The Morgan fingerprint density at radius 2 is 1.43 bits per heavy atom. The van der Waals surface area contributed by atoms with E-state index in [0.717, 1.165) is 78.7 Å². The van der Waals surface area contributed by atoms with E-state index < -0.39 is 11.6 Å². The summed E-state index contributed by atoms with van der Waals surface area (Å²) in [6, 6.07) is 9.35. The fraction of sp³-hybridized carbons (Fsp3) is 0.419. The lowest BCUT2D eigenvalue weighted by Gasteiger charge is -2.36. The van der Waals surface area contributed by atoms with Gasteiger partial charge in [0.1, 0.15) is 17.2 Å². The van der Waals surface area contributed by atoms with Crippen LogP contribution in [0.2, 0.25) is 0 Å². The van der Waals surface area contributed by atoms with Crippen molar-refractivity contribution in [3.05, 3.63) is 58.5 Å². The number of fused-ring (bicyclic) bond motifs is 2. The molecule has 0 aliphatic carbocycles. The number of ether oxygens (including phenoxy) is 1. The molecule has 0 atom stereocenters. The number of aliphatic carboxylic acids is 1. The van der Waals surface area contributed by atoms with Crippen LogP contribution in [-0.2, 0) is 9.53 Å². The maximum atomic E-state index is 14.0. The SMILES string of the molecule is CC(=O)O.CC(C)(C)OC(=O)N1CCN(c2csc3cc(F)ccc23)CC1.Fc1ccc2c(N3CCNCC3)c(F)sc2c1. The van der Waals surface area contributed by atoms with Crippen molar-refractivity contribution in [3.63, 3.8) is 0 Å². The number of amides is 1. The number of nitrogens with zero attached hydrogens (tertiary/aromatic N) is 3. The van der Waals surface area contributed by atoms with E-state index in [4.69, 9.17) is 14.6 Å². The number of anilines is 2. The molecule has 13 heteroatoms. The van der Waals surface area contributed by atoms with Crippen molar-refractivity contribution in [1.82, 2.24) is 10.2 Å². The first-order valence-electron chi connectivity index (χ1n) is 14.2. The molecule has 4 aromatic rings. The van der Waals surface area contributed by atoms with Crippen LogP contribution in [-0.4, -0.2) is 80.0 Å². The van der Waals surface area contributed by atoms with Crippen molar-refractivity contribution in [2.45, 2.75) is 33.3 Å². The molecule has 0 bridgehead atoms. The molecule has 2 N–H and O–H groups in total. The minimum absolute atomic E-state index is 0.208. The summed E-state index contributed by atoms with van der Waals surface area (Å²) in [6.07, 6.45) is -0.255. The second-order valence-corrected chi connectivity index (χ2v) is 13.3. The molecule has 4 heterocycles. The molecular weight excluding hydrogens is 613 g/mol. The molecule has 2 aromatic carbocycles. The number of carboxylic acids is 1. The molecule has 0 saturated carbocycles. The van der Waals surface area contributed by atoms with E-state index in [9.17, 15) is 18.0 Å². The third-order valence-corrected chi connectivity index (χ3v) is 8.67. The monoisotopic (exact) mass is 650 g/mol. The van der Waals surface area contributed by atoms with Gasteiger partial charge in [0.25, 0.3) is 5.97 Å². The lowest BCUT2D eigenvalue weighted by Crippen LogP contribution is -2.50. The van der Waals surface area contributed by atoms with E-state index in [0.29, 0.717) is 23.5 Å². The summed E-state index contributed by atoms with van der Waals surface area (Å²) in [5.74, 6) is -1.36. The van der Waals surface area contributed by atoms with Gasteiger partial charge in [0, 0.05) is 84.8 Å². The maximum Gasteiger partial charge on any atom is 0.410 e. The zero-order valence-corrected chi connectivity index (χ0v) is 26.8. The van der Waals surface area contributed by atoms with E-state index in [1.165, 1.54) is 18.2 Å². The Morgan fingerprint density at radius 1 is 0.864 bits per heavy atom. The Kier molecular flexibility index (Phi) is 11.0. The van der Waals surface area contributed by atoms with Crippen molar-refractivity contribution < 1.29 is 32.6 Å². The van der Waals surface area contributed by atoms with Crippen molar-refractivity contribution in [2.75, 3.05) is 62.2 Å². The van der Waals surface area contributed by atoms with Crippen LogP contribution in [0.15, 0.2) is 41.8 Å². The summed E-state index contributed by atoms with van der Waals surface area (Å²) in [7, 11) is 0. The number of halogens is 3. The zero-order chi connectivity index (χ0) is 32.0. The van der Waals surface area contributed by atoms with Crippen LogP contribution in [0.3, 0.4) is 0 Å². The minimum Gasteiger partial charge on any atom is -0.481 e. The first kappa shape index (κ1) is 33.3. The van der Waals surface area contributed by atoms with Crippen LogP contribution >= 0.6 is 22.7 Å². The van der Waals surface area contributed by atoms with E-state index >= 15 is 0 Å². The van der Waals surface area contributed by atoms with Gasteiger partial charge in [0.15, 0.2) is 0 Å². The Hall–Kier alpha value is -3.55. The van der Waals surface area contributed by atoms with Gasteiger partial charge in [-0.25, -0.2) is 13.6 Å². The topological polar surface area (TPSA) is 85.3 Å².